The van der Waals surface area contributed by atoms with Crippen LogP contribution in [-0.2, 0) is 18.8 Å². The molecule has 1 atom stereocenters. The van der Waals surface area contributed by atoms with E-state index in [2.05, 4.69) is 0 Å². The van der Waals surface area contributed by atoms with Crippen molar-refractivity contribution < 1.29 is 18.8 Å². The first kappa shape index (κ1) is 13.5. The maximum atomic E-state index is 11.6. The fourth-order valence-electron chi connectivity index (χ4n) is 1.48. The second-order valence-corrected chi connectivity index (χ2v) is 5.17. The molecule has 1 heterocycles. The molecule has 1 fully saturated rings. The lowest BCUT2D eigenvalue weighted by Crippen LogP contribution is -2.41. The van der Waals surface area contributed by atoms with Gasteiger partial charge in [0.25, 0.3) is 0 Å². The van der Waals surface area contributed by atoms with Gasteiger partial charge in [0, 0.05) is 0 Å². The Kier molecular flexibility index (Phi) is 3.70. The van der Waals surface area contributed by atoms with E-state index in [-0.39, 0.29) is 5.97 Å². The van der Waals surface area contributed by atoms with Gasteiger partial charge in [0.05, 0.1) is 23.6 Å². The summed E-state index contributed by atoms with van der Waals surface area (Å²) in [5, 5.41) is 0. The third-order valence-electron chi connectivity index (χ3n) is 3.34. The maximum absolute atomic E-state index is 11.6. The van der Waals surface area contributed by atoms with Crippen LogP contribution < -0.4 is 0 Å². The second-order valence-electron chi connectivity index (χ2n) is 5.17. The Bertz CT molecular complexity index is 259. The molecular formula is C11H21BO4. The minimum Gasteiger partial charge on any atom is -0.466 e. The van der Waals surface area contributed by atoms with E-state index in [0.29, 0.717) is 6.61 Å². The number of hydrogen-bond acceptors (Lipinski definition) is 4. The monoisotopic (exact) mass is 228 g/mol. The van der Waals surface area contributed by atoms with Crippen molar-refractivity contribution >= 4 is 13.1 Å². The topological polar surface area (TPSA) is 44.8 Å². The quantitative estimate of drug-likeness (QED) is 0.547. The Morgan fingerprint density at radius 3 is 2.06 bits per heavy atom. The average Bonchev–Trinajstić information content (AvgIpc) is 2.35. The summed E-state index contributed by atoms with van der Waals surface area (Å²) in [5.74, 6) is -0.679. The van der Waals surface area contributed by atoms with E-state index in [1.54, 1.807) is 13.8 Å². The summed E-state index contributed by atoms with van der Waals surface area (Å²) < 4.78 is 16.5. The van der Waals surface area contributed by atoms with Gasteiger partial charge in [-0.2, -0.15) is 0 Å². The van der Waals surface area contributed by atoms with Crippen molar-refractivity contribution in [2.24, 2.45) is 0 Å². The summed E-state index contributed by atoms with van der Waals surface area (Å²) >= 11 is 0. The molecule has 0 radical (unpaired) electrons. The standard InChI is InChI=1S/C11H21BO4/c1-7-14-9(13)8(2)12-15-10(3,4)11(5,6)16-12/h8H,7H2,1-6H3. The van der Waals surface area contributed by atoms with Gasteiger partial charge in [-0.05, 0) is 34.6 Å². The van der Waals surface area contributed by atoms with Crippen LogP contribution in [-0.4, -0.2) is 30.9 Å². The van der Waals surface area contributed by atoms with Crippen molar-refractivity contribution in [2.75, 3.05) is 6.61 Å². The Balaban J connectivity index is 2.69. The van der Waals surface area contributed by atoms with E-state index in [0.717, 1.165) is 0 Å². The lowest BCUT2D eigenvalue weighted by atomic mass is 9.73. The van der Waals surface area contributed by atoms with Crippen LogP contribution in [0.4, 0.5) is 0 Å². The van der Waals surface area contributed by atoms with Gasteiger partial charge in [0.1, 0.15) is 0 Å². The normalized spacial score (nSPS) is 24.2. The summed E-state index contributed by atoms with van der Waals surface area (Å²) in [7, 11) is -0.524. The minimum absolute atomic E-state index is 0.277. The first-order valence-electron chi connectivity index (χ1n) is 5.73. The van der Waals surface area contributed by atoms with Crippen LogP contribution >= 0.6 is 0 Å². The van der Waals surface area contributed by atoms with Crippen molar-refractivity contribution in [1.82, 2.24) is 0 Å². The maximum Gasteiger partial charge on any atom is 0.472 e. The molecule has 0 aliphatic carbocycles. The summed E-state index contributed by atoms with van der Waals surface area (Å²) in [6, 6.07) is 0. The molecule has 0 spiro atoms. The number of rotatable bonds is 3. The van der Waals surface area contributed by atoms with Crippen molar-refractivity contribution in [1.29, 1.82) is 0 Å². The highest BCUT2D eigenvalue weighted by molar-refractivity contribution is 6.52. The largest absolute Gasteiger partial charge is 0.472 e. The molecule has 0 saturated carbocycles. The molecule has 0 aromatic heterocycles. The molecule has 1 saturated heterocycles. The third kappa shape index (κ3) is 2.41. The molecule has 0 bridgehead atoms. The Hall–Kier alpha value is -0.545. The molecule has 16 heavy (non-hydrogen) atoms. The van der Waals surface area contributed by atoms with Gasteiger partial charge in [-0.15, -0.1) is 0 Å². The summed E-state index contributed by atoms with van der Waals surface area (Å²) in [5.41, 5.74) is -0.809. The van der Waals surface area contributed by atoms with E-state index in [1.165, 1.54) is 0 Å². The van der Waals surface area contributed by atoms with E-state index < -0.39 is 24.1 Å². The van der Waals surface area contributed by atoms with Crippen LogP contribution in [0, 0.1) is 0 Å². The summed E-state index contributed by atoms with van der Waals surface area (Å²) in [6.07, 6.45) is 0. The smallest absolute Gasteiger partial charge is 0.466 e. The summed E-state index contributed by atoms with van der Waals surface area (Å²) in [4.78, 5) is 11.6. The lowest BCUT2D eigenvalue weighted by molar-refractivity contribution is -0.143. The molecule has 0 aromatic carbocycles. The second kappa shape index (κ2) is 4.38. The Morgan fingerprint density at radius 1 is 1.25 bits per heavy atom. The van der Waals surface area contributed by atoms with Gasteiger partial charge in [0.15, 0.2) is 0 Å². The molecule has 0 amide bonds. The molecule has 0 N–H and O–H groups in total. The fourth-order valence-corrected chi connectivity index (χ4v) is 1.48. The van der Waals surface area contributed by atoms with Crippen LogP contribution in [0.2, 0.25) is 5.82 Å². The van der Waals surface area contributed by atoms with E-state index >= 15 is 0 Å². The van der Waals surface area contributed by atoms with Gasteiger partial charge in [-0.1, -0.05) is 6.92 Å². The van der Waals surface area contributed by atoms with Crippen LogP contribution in [0.3, 0.4) is 0 Å². The third-order valence-corrected chi connectivity index (χ3v) is 3.34. The molecule has 1 rings (SSSR count). The predicted molar refractivity (Wildman–Crippen MR) is 62.1 cm³/mol. The first-order chi connectivity index (χ1) is 7.21. The molecule has 1 aliphatic rings. The van der Waals surface area contributed by atoms with Gasteiger partial charge in [-0.25, -0.2) is 0 Å². The van der Waals surface area contributed by atoms with E-state index in [9.17, 15) is 4.79 Å². The number of carbonyl (C=O) groups is 1. The molecule has 0 aromatic rings. The highest BCUT2D eigenvalue weighted by Crippen LogP contribution is 2.39. The molecule has 5 heteroatoms. The van der Waals surface area contributed by atoms with Crippen LogP contribution in [0.15, 0.2) is 0 Å². The van der Waals surface area contributed by atoms with E-state index in [4.69, 9.17) is 14.0 Å². The fraction of sp³-hybridized carbons (Fsp3) is 0.909. The zero-order chi connectivity index (χ0) is 12.6. The molecular weight excluding hydrogens is 207 g/mol. The van der Waals surface area contributed by atoms with Gasteiger partial charge in [-0.3, -0.25) is 4.79 Å². The number of esters is 1. The van der Waals surface area contributed by atoms with Crippen LogP contribution in [0.5, 0.6) is 0 Å². The predicted octanol–water partition coefficient (Wildman–Crippen LogP) is 2.03. The van der Waals surface area contributed by atoms with Crippen LogP contribution in [0.1, 0.15) is 41.5 Å². The van der Waals surface area contributed by atoms with Gasteiger partial charge >= 0.3 is 13.1 Å². The van der Waals surface area contributed by atoms with Gasteiger partial charge in [0.2, 0.25) is 0 Å². The number of hydrogen-bond donors (Lipinski definition) is 0. The summed E-state index contributed by atoms with van der Waals surface area (Å²) in [6.45, 7) is 11.8. The SMILES string of the molecule is CCOC(=O)C(C)B1OC(C)(C)C(C)(C)O1. The molecule has 1 unspecified atom stereocenters. The first-order valence-corrected chi connectivity index (χ1v) is 5.73. The lowest BCUT2D eigenvalue weighted by Gasteiger charge is -2.32. The van der Waals surface area contributed by atoms with Gasteiger partial charge < -0.3 is 14.0 Å². The highest BCUT2D eigenvalue weighted by atomic mass is 16.7. The number of carbonyl (C=O) groups excluding carboxylic acids is 1. The molecule has 4 nitrogen and oxygen atoms in total. The molecule has 92 valence electrons. The molecule has 1 aliphatic heterocycles. The zero-order valence-electron chi connectivity index (χ0n) is 11.0. The number of ether oxygens (including phenoxy) is 1. The van der Waals surface area contributed by atoms with Crippen molar-refractivity contribution in [3.63, 3.8) is 0 Å². The van der Waals surface area contributed by atoms with Crippen molar-refractivity contribution in [2.45, 2.75) is 58.6 Å². The zero-order valence-corrected chi connectivity index (χ0v) is 11.0. The highest BCUT2D eigenvalue weighted by Gasteiger charge is 2.54. The Morgan fingerprint density at radius 2 is 1.69 bits per heavy atom. The van der Waals surface area contributed by atoms with Crippen molar-refractivity contribution in [3.05, 3.63) is 0 Å². The Labute approximate surface area is 97.8 Å². The van der Waals surface area contributed by atoms with Crippen molar-refractivity contribution in [3.8, 4) is 0 Å². The minimum atomic E-state index is -0.524. The van der Waals surface area contributed by atoms with E-state index in [1.807, 2.05) is 27.7 Å². The average molecular weight is 228 g/mol. The van der Waals surface area contributed by atoms with Crippen LogP contribution in [0.25, 0.3) is 0 Å².